The fourth-order valence-corrected chi connectivity index (χ4v) is 7.79. The summed E-state index contributed by atoms with van der Waals surface area (Å²) in [4.78, 5) is 48.1. The average Bonchev–Trinajstić information content (AvgIpc) is 3.68. The Labute approximate surface area is 254 Å². The normalized spacial score (nSPS) is 20.0. The van der Waals surface area contributed by atoms with Gasteiger partial charge in [0.2, 0.25) is 0 Å². The fraction of sp³-hybridized carbons (Fsp3) is 0.552. The number of likely N-dealkylation sites (tertiary alicyclic amines) is 1. The number of hydrogen-bond acceptors (Lipinski definition) is 11. The lowest BCUT2D eigenvalue weighted by Crippen LogP contribution is -2.52. The summed E-state index contributed by atoms with van der Waals surface area (Å²) in [7, 11) is 0. The maximum absolute atomic E-state index is 13.2. The molecule has 2 fully saturated rings. The summed E-state index contributed by atoms with van der Waals surface area (Å²) in [5, 5.41) is 3.42. The molecule has 0 radical (unpaired) electrons. The Balaban J connectivity index is 1.22. The highest BCUT2D eigenvalue weighted by atomic mass is 35.5. The largest absolute Gasteiger partial charge is 0.466 e. The second-order valence-corrected chi connectivity index (χ2v) is 13.2. The standard InChI is InChI=1S/C29H37ClN6O3S2/c1-4-39-28(38)7-9-34-10-11-36(20(3)16-34)26-15-31-22(14-32-26)23(37)13-27-33-29(24-12-21(30)18-40-24)25(41-27)17-35-8-5-6-19(35)2/h12,14-15,18-20H,4-11,13,16-17H2,1-3H3/t19-,20+/m1/s1. The predicted octanol–water partition coefficient (Wildman–Crippen LogP) is 5.19. The van der Waals surface area contributed by atoms with Gasteiger partial charge in [-0.2, -0.15) is 0 Å². The van der Waals surface area contributed by atoms with Crippen LogP contribution in [0.3, 0.4) is 0 Å². The monoisotopic (exact) mass is 616 g/mol. The van der Waals surface area contributed by atoms with Gasteiger partial charge >= 0.3 is 5.97 Å². The van der Waals surface area contributed by atoms with Crippen molar-refractivity contribution in [3.63, 3.8) is 0 Å². The van der Waals surface area contributed by atoms with Gasteiger partial charge in [0, 0.05) is 55.1 Å². The summed E-state index contributed by atoms with van der Waals surface area (Å²) in [5.74, 6) is 0.509. The molecule has 220 valence electrons. The molecule has 0 N–H and O–H groups in total. The van der Waals surface area contributed by atoms with Crippen molar-refractivity contribution in [2.24, 2.45) is 0 Å². The van der Waals surface area contributed by atoms with Crippen LogP contribution < -0.4 is 4.90 Å². The van der Waals surface area contributed by atoms with Gasteiger partial charge in [0.1, 0.15) is 16.5 Å². The van der Waals surface area contributed by atoms with Crippen LogP contribution in [0.5, 0.6) is 0 Å². The van der Waals surface area contributed by atoms with Crippen molar-refractivity contribution in [3.8, 4) is 10.6 Å². The molecule has 5 rings (SSSR count). The molecular weight excluding hydrogens is 580 g/mol. The van der Waals surface area contributed by atoms with Crippen LogP contribution in [0.4, 0.5) is 5.82 Å². The molecule has 0 saturated carbocycles. The van der Waals surface area contributed by atoms with Crippen molar-refractivity contribution in [2.45, 2.75) is 65.1 Å². The first kappa shape index (κ1) is 30.0. The van der Waals surface area contributed by atoms with E-state index in [1.165, 1.54) is 17.7 Å². The van der Waals surface area contributed by atoms with Crippen molar-refractivity contribution in [3.05, 3.63) is 44.4 Å². The Morgan fingerprint density at radius 2 is 2.00 bits per heavy atom. The summed E-state index contributed by atoms with van der Waals surface area (Å²) in [6, 6.07) is 2.71. The number of hydrogen-bond donors (Lipinski definition) is 0. The molecule has 2 aliphatic rings. The SMILES string of the molecule is CCOC(=O)CCN1CCN(c2cnc(C(=O)Cc3nc(-c4cc(Cl)cs4)c(CN4CCC[C@H]4C)s3)cn2)[C@@H](C)C1. The molecule has 0 aromatic carbocycles. The number of aromatic nitrogens is 3. The molecule has 2 saturated heterocycles. The van der Waals surface area contributed by atoms with E-state index < -0.39 is 0 Å². The van der Waals surface area contributed by atoms with E-state index in [0.717, 1.165) is 54.1 Å². The Morgan fingerprint density at radius 1 is 1.15 bits per heavy atom. The minimum Gasteiger partial charge on any atom is -0.466 e. The van der Waals surface area contributed by atoms with Crippen molar-refractivity contribution in [1.82, 2.24) is 24.8 Å². The summed E-state index contributed by atoms with van der Waals surface area (Å²) in [5.41, 5.74) is 1.28. The number of piperazine rings is 1. The average molecular weight is 617 g/mol. The molecule has 0 unspecified atom stereocenters. The zero-order valence-corrected chi connectivity index (χ0v) is 26.2. The predicted molar refractivity (Wildman–Crippen MR) is 164 cm³/mol. The Kier molecular flexibility index (Phi) is 10.0. The number of esters is 1. The molecule has 0 spiro atoms. The number of anilines is 1. The van der Waals surface area contributed by atoms with Crippen molar-refractivity contribution in [2.75, 3.05) is 44.2 Å². The van der Waals surface area contributed by atoms with Crippen LogP contribution in [-0.4, -0.2) is 87.9 Å². The van der Waals surface area contributed by atoms with E-state index in [2.05, 4.69) is 38.5 Å². The van der Waals surface area contributed by atoms with Gasteiger partial charge in [-0.25, -0.2) is 15.0 Å². The van der Waals surface area contributed by atoms with E-state index in [4.69, 9.17) is 21.3 Å². The van der Waals surface area contributed by atoms with Crippen molar-refractivity contribution in [1.29, 1.82) is 0 Å². The van der Waals surface area contributed by atoms with Crippen LogP contribution in [0.25, 0.3) is 10.6 Å². The molecular formula is C29H37ClN6O3S2. The van der Waals surface area contributed by atoms with Gasteiger partial charge in [0.25, 0.3) is 0 Å². The van der Waals surface area contributed by atoms with Crippen LogP contribution in [-0.2, 0) is 22.5 Å². The van der Waals surface area contributed by atoms with Crippen molar-refractivity contribution < 1.29 is 14.3 Å². The summed E-state index contributed by atoms with van der Waals surface area (Å²) in [6.45, 7) is 11.7. The lowest BCUT2D eigenvalue weighted by molar-refractivity contribution is -0.143. The third kappa shape index (κ3) is 7.50. The third-order valence-corrected chi connectivity index (χ3v) is 10.1. The molecule has 2 aliphatic heterocycles. The highest BCUT2D eigenvalue weighted by Crippen LogP contribution is 2.36. The van der Waals surface area contributed by atoms with E-state index in [1.54, 1.807) is 35.1 Å². The maximum atomic E-state index is 13.2. The number of carbonyl (C=O) groups excluding carboxylic acids is 2. The van der Waals surface area contributed by atoms with Gasteiger partial charge < -0.3 is 9.64 Å². The first-order valence-electron chi connectivity index (χ1n) is 14.3. The molecule has 3 aromatic heterocycles. The minimum atomic E-state index is -0.156. The Bertz CT molecular complexity index is 1350. The highest BCUT2D eigenvalue weighted by Gasteiger charge is 2.27. The topological polar surface area (TPSA) is 91.8 Å². The van der Waals surface area contributed by atoms with Crippen LogP contribution in [0.2, 0.25) is 5.02 Å². The second-order valence-electron chi connectivity index (χ2n) is 10.7. The van der Waals surface area contributed by atoms with Gasteiger partial charge in [-0.1, -0.05) is 11.6 Å². The fourth-order valence-electron chi connectivity index (χ4n) is 5.53. The molecule has 5 heterocycles. The zero-order valence-electron chi connectivity index (χ0n) is 23.8. The van der Waals surface area contributed by atoms with Gasteiger partial charge in [-0.3, -0.25) is 19.4 Å². The minimum absolute atomic E-state index is 0.0912. The number of rotatable bonds is 11. The molecule has 41 heavy (non-hydrogen) atoms. The van der Waals surface area contributed by atoms with E-state index >= 15 is 0 Å². The molecule has 0 aliphatic carbocycles. The molecule has 3 aromatic rings. The van der Waals surface area contributed by atoms with Gasteiger partial charge in [-0.05, 0) is 46.2 Å². The molecule has 0 bridgehead atoms. The number of nitrogens with zero attached hydrogens (tertiary/aromatic N) is 6. The number of thiophene rings is 1. The van der Waals surface area contributed by atoms with Crippen LogP contribution in [0, 0.1) is 0 Å². The Hall–Kier alpha value is -2.44. The van der Waals surface area contributed by atoms with Gasteiger partial charge in [0.05, 0.1) is 47.4 Å². The summed E-state index contributed by atoms with van der Waals surface area (Å²) >= 11 is 9.43. The Morgan fingerprint density at radius 3 is 2.66 bits per heavy atom. The number of Topliss-reactive ketones (excluding diaryl/α,β-unsaturated/α-hetero) is 1. The van der Waals surface area contributed by atoms with Crippen LogP contribution in [0.15, 0.2) is 23.8 Å². The molecule has 9 nitrogen and oxygen atoms in total. The number of halogens is 1. The summed E-state index contributed by atoms with van der Waals surface area (Å²) < 4.78 is 5.05. The lowest BCUT2D eigenvalue weighted by atomic mass is 10.2. The van der Waals surface area contributed by atoms with E-state index in [0.29, 0.717) is 36.3 Å². The van der Waals surface area contributed by atoms with Gasteiger partial charge in [-0.15, -0.1) is 22.7 Å². The molecule has 12 heteroatoms. The highest BCUT2D eigenvalue weighted by molar-refractivity contribution is 7.15. The second kappa shape index (κ2) is 13.7. The van der Waals surface area contributed by atoms with Crippen LogP contribution >= 0.6 is 34.3 Å². The van der Waals surface area contributed by atoms with E-state index in [-0.39, 0.29) is 24.2 Å². The van der Waals surface area contributed by atoms with Crippen LogP contribution in [0.1, 0.15) is 60.4 Å². The third-order valence-electron chi connectivity index (χ3n) is 7.76. The van der Waals surface area contributed by atoms with E-state index in [1.807, 2.05) is 18.4 Å². The van der Waals surface area contributed by atoms with Crippen molar-refractivity contribution >= 4 is 51.8 Å². The number of thiazole rings is 1. The van der Waals surface area contributed by atoms with E-state index in [9.17, 15) is 9.59 Å². The maximum Gasteiger partial charge on any atom is 0.307 e. The quantitative estimate of drug-likeness (QED) is 0.213. The molecule has 2 atom stereocenters. The smallest absolute Gasteiger partial charge is 0.307 e. The molecule has 0 amide bonds. The van der Waals surface area contributed by atoms with Gasteiger partial charge in [0.15, 0.2) is 5.78 Å². The first-order valence-corrected chi connectivity index (χ1v) is 16.3. The first-order chi connectivity index (χ1) is 19.8. The number of ketones is 1. The number of carbonyl (C=O) groups is 2. The number of ether oxygens (including phenoxy) is 1. The zero-order chi connectivity index (χ0) is 28.9. The summed E-state index contributed by atoms with van der Waals surface area (Å²) in [6.07, 6.45) is 6.29. The lowest BCUT2D eigenvalue weighted by Gasteiger charge is -2.40.